The van der Waals surface area contributed by atoms with Gasteiger partial charge in [-0.05, 0) is 42.6 Å². The van der Waals surface area contributed by atoms with Crippen molar-refractivity contribution in [3.63, 3.8) is 0 Å². The Morgan fingerprint density at radius 1 is 1.00 bits per heavy atom. The van der Waals surface area contributed by atoms with Gasteiger partial charge in [0.1, 0.15) is 4.75 Å². The molecule has 5 nitrogen and oxygen atoms in total. The van der Waals surface area contributed by atoms with Crippen LogP contribution in [0.4, 0.5) is 0 Å². The molecule has 0 saturated heterocycles. The molecule has 35 heavy (non-hydrogen) atoms. The SMILES string of the molecule is COC(=O)C[C@@H](/C=C/CCO[Si](c1ccccc1)(c1ccccc1)C(C)(C)C)N[S+]([O-])C(C)(C)C. The molecule has 0 bridgehead atoms. The Bertz CT molecular complexity index is 899. The van der Waals surface area contributed by atoms with Crippen molar-refractivity contribution < 1.29 is 18.5 Å². The molecule has 0 saturated carbocycles. The quantitative estimate of drug-likeness (QED) is 0.157. The van der Waals surface area contributed by atoms with Crippen LogP contribution in [0.1, 0.15) is 54.4 Å². The van der Waals surface area contributed by atoms with Crippen LogP contribution in [0.2, 0.25) is 5.04 Å². The van der Waals surface area contributed by atoms with Crippen molar-refractivity contribution in [2.75, 3.05) is 13.7 Å². The fourth-order valence-electron chi connectivity index (χ4n) is 4.03. The average molecular weight is 516 g/mol. The van der Waals surface area contributed by atoms with E-state index in [0.29, 0.717) is 13.0 Å². The van der Waals surface area contributed by atoms with Crippen LogP contribution in [-0.2, 0) is 25.3 Å². The van der Waals surface area contributed by atoms with Crippen LogP contribution < -0.4 is 15.1 Å². The van der Waals surface area contributed by atoms with Crippen LogP contribution in [-0.4, -0.2) is 43.3 Å². The first-order chi connectivity index (χ1) is 16.4. The highest BCUT2D eigenvalue weighted by atomic mass is 32.2. The van der Waals surface area contributed by atoms with E-state index in [0.717, 1.165) is 0 Å². The number of benzene rings is 2. The van der Waals surface area contributed by atoms with Crippen molar-refractivity contribution in [2.45, 2.75) is 70.2 Å². The maximum Gasteiger partial charge on any atom is 0.307 e. The average Bonchev–Trinajstić information content (AvgIpc) is 2.80. The van der Waals surface area contributed by atoms with Gasteiger partial charge in [-0.2, -0.15) is 0 Å². The smallest absolute Gasteiger partial charge is 0.307 e. The lowest BCUT2D eigenvalue weighted by molar-refractivity contribution is -0.140. The molecule has 0 amide bonds. The summed E-state index contributed by atoms with van der Waals surface area (Å²) < 4.78 is 26.9. The van der Waals surface area contributed by atoms with Crippen LogP contribution >= 0.6 is 0 Å². The zero-order valence-electron chi connectivity index (χ0n) is 22.2. The number of nitrogens with one attached hydrogen (secondary N) is 1. The predicted octanol–water partition coefficient (Wildman–Crippen LogP) is 4.49. The highest BCUT2D eigenvalue weighted by molar-refractivity contribution is 7.90. The minimum Gasteiger partial charge on any atom is -0.598 e. The van der Waals surface area contributed by atoms with Gasteiger partial charge in [0, 0.05) is 18.0 Å². The number of carbonyl (C=O) groups is 1. The molecular formula is C28H41NO4SSi. The minimum atomic E-state index is -2.58. The predicted molar refractivity (Wildman–Crippen MR) is 149 cm³/mol. The Kier molecular flexibility index (Phi) is 10.8. The summed E-state index contributed by atoms with van der Waals surface area (Å²) in [6, 6.07) is 20.7. The third-order valence-electron chi connectivity index (χ3n) is 5.82. The first kappa shape index (κ1) is 29.3. The van der Waals surface area contributed by atoms with Crippen molar-refractivity contribution in [3.8, 4) is 0 Å². The van der Waals surface area contributed by atoms with Crippen molar-refractivity contribution >= 4 is 36.0 Å². The molecule has 0 aliphatic heterocycles. The molecule has 0 spiro atoms. The molecule has 0 aliphatic rings. The molecule has 192 valence electrons. The summed E-state index contributed by atoms with van der Waals surface area (Å²) >= 11 is -1.30. The van der Waals surface area contributed by atoms with Gasteiger partial charge in [0.15, 0.2) is 0 Å². The molecule has 0 aromatic heterocycles. The second-order valence-electron chi connectivity index (χ2n) is 10.6. The lowest BCUT2D eigenvalue weighted by Crippen LogP contribution is -2.66. The second kappa shape index (κ2) is 12.9. The number of esters is 1. The van der Waals surface area contributed by atoms with Gasteiger partial charge in [0.05, 0.1) is 19.6 Å². The molecule has 2 atom stereocenters. The van der Waals surface area contributed by atoms with E-state index in [2.05, 4.69) is 74.0 Å². The largest absolute Gasteiger partial charge is 0.598 e. The Hall–Kier alpha value is -1.90. The summed E-state index contributed by atoms with van der Waals surface area (Å²) in [5, 5.41) is 2.40. The Morgan fingerprint density at radius 2 is 1.51 bits per heavy atom. The molecular weight excluding hydrogens is 474 g/mol. The van der Waals surface area contributed by atoms with Crippen LogP contribution in [0.25, 0.3) is 0 Å². The molecule has 2 aromatic carbocycles. The van der Waals surface area contributed by atoms with E-state index in [-0.39, 0.29) is 23.5 Å². The molecule has 2 rings (SSSR count). The normalized spacial score (nSPS) is 14.6. The highest BCUT2D eigenvalue weighted by Gasteiger charge is 2.49. The third kappa shape index (κ3) is 8.05. The van der Waals surface area contributed by atoms with E-state index in [1.807, 2.05) is 45.1 Å². The first-order valence-corrected chi connectivity index (χ1v) is 15.1. The number of ether oxygens (including phenoxy) is 1. The zero-order valence-corrected chi connectivity index (χ0v) is 24.0. The summed E-state index contributed by atoms with van der Waals surface area (Å²) in [6.07, 6.45) is 4.68. The van der Waals surface area contributed by atoms with Gasteiger partial charge in [-0.3, -0.25) is 4.79 Å². The van der Waals surface area contributed by atoms with Gasteiger partial charge in [-0.25, -0.2) is 0 Å². The van der Waals surface area contributed by atoms with Crippen molar-refractivity contribution in [2.24, 2.45) is 0 Å². The molecule has 0 heterocycles. The summed E-state index contributed by atoms with van der Waals surface area (Å²) in [4.78, 5) is 11.9. The monoisotopic (exact) mass is 515 g/mol. The van der Waals surface area contributed by atoms with E-state index in [1.54, 1.807) is 0 Å². The van der Waals surface area contributed by atoms with Gasteiger partial charge < -0.3 is 13.7 Å². The van der Waals surface area contributed by atoms with Crippen molar-refractivity contribution in [1.82, 2.24) is 4.72 Å². The Morgan fingerprint density at radius 3 is 1.94 bits per heavy atom. The topological polar surface area (TPSA) is 70.6 Å². The van der Waals surface area contributed by atoms with Gasteiger partial charge in [-0.1, -0.05) is 93.6 Å². The summed E-state index contributed by atoms with van der Waals surface area (Å²) in [7, 11) is -1.22. The standard InChI is InChI=1S/C28H41NO4SSi/c1-27(2,3)34(31)29-23(22-26(30)32-7)16-14-15-21-33-35(28(4,5)6,24-17-10-8-11-18-24)25-19-12-9-13-20-25/h8-14,16-20,23,29H,15,21-22H2,1-7H3/b16-14+/t23-,34?/m1/s1. The van der Waals surface area contributed by atoms with Gasteiger partial charge in [0.2, 0.25) is 0 Å². The number of hydrogen-bond donors (Lipinski definition) is 1. The molecule has 7 heteroatoms. The number of carbonyl (C=O) groups excluding carboxylic acids is 1. The fourth-order valence-corrected chi connectivity index (χ4v) is 9.40. The molecule has 0 aliphatic carbocycles. The first-order valence-electron chi connectivity index (χ1n) is 12.1. The molecule has 0 fully saturated rings. The zero-order chi connectivity index (χ0) is 26.1. The maximum absolute atomic E-state index is 12.6. The highest BCUT2D eigenvalue weighted by Crippen LogP contribution is 2.36. The Balaban J connectivity index is 2.23. The van der Waals surface area contributed by atoms with E-state index in [1.165, 1.54) is 17.5 Å². The van der Waals surface area contributed by atoms with Crippen LogP contribution in [0, 0.1) is 0 Å². The van der Waals surface area contributed by atoms with Crippen LogP contribution in [0.3, 0.4) is 0 Å². The number of rotatable bonds is 11. The van der Waals surface area contributed by atoms with Crippen LogP contribution in [0.5, 0.6) is 0 Å². The summed E-state index contributed by atoms with van der Waals surface area (Å²) in [5.41, 5.74) is 0. The minimum absolute atomic E-state index is 0.0853. The lowest BCUT2D eigenvalue weighted by Gasteiger charge is -2.43. The maximum atomic E-state index is 12.6. The molecule has 1 N–H and O–H groups in total. The van der Waals surface area contributed by atoms with Gasteiger partial charge in [0.25, 0.3) is 8.32 Å². The van der Waals surface area contributed by atoms with E-state index in [9.17, 15) is 9.35 Å². The number of methoxy groups -OCH3 is 1. The number of hydrogen-bond acceptors (Lipinski definition) is 5. The third-order valence-corrected chi connectivity index (χ3v) is 12.5. The second-order valence-corrected chi connectivity index (χ2v) is 16.9. The van der Waals surface area contributed by atoms with Crippen molar-refractivity contribution in [3.05, 3.63) is 72.8 Å². The van der Waals surface area contributed by atoms with Crippen LogP contribution in [0.15, 0.2) is 72.8 Å². The summed E-state index contributed by atoms with van der Waals surface area (Å²) in [5.74, 6) is -0.346. The van der Waals surface area contributed by atoms with E-state index in [4.69, 9.17) is 9.16 Å². The van der Waals surface area contributed by atoms with Gasteiger partial charge >= 0.3 is 5.97 Å². The van der Waals surface area contributed by atoms with Gasteiger partial charge in [-0.15, -0.1) is 4.72 Å². The lowest BCUT2D eigenvalue weighted by atomic mass is 10.2. The molecule has 2 aromatic rings. The Labute approximate surface area is 215 Å². The van der Waals surface area contributed by atoms with E-state index < -0.39 is 24.4 Å². The van der Waals surface area contributed by atoms with Crippen molar-refractivity contribution in [1.29, 1.82) is 0 Å². The molecule has 0 radical (unpaired) electrons. The fraction of sp³-hybridized carbons (Fsp3) is 0.464. The van der Waals surface area contributed by atoms with E-state index >= 15 is 0 Å². The summed E-state index contributed by atoms with van der Waals surface area (Å²) in [6.45, 7) is 13.0. The molecule has 1 unspecified atom stereocenters.